The second-order valence-corrected chi connectivity index (χ2v) is 2.24. The van der Waals surface area contributed by atoms with E-state index in [1.165, 1.54) is 18.4 Å². The summed E-state index contributed by atoms with van der Waals surface area (Å²) in [6.45, 7) is 2.20. The van der Waals surface area contributed by atoms with Gasteiger partial charge in [-0.2, -0.15) is 0 Å². The molecule has 9 heavy (non-hydrogen) atoms. The Morgan fingerprint density at radius 3 is 2.44 bits per heavy atom. The summed E-state index contributed by atoms with van der Waals surface area (Å²) in [6, 6.07) is 10.6. The first kappa shape index (κ1) is 6.34. The van der Waals surface area contributed by atoms with Gasteiger partial charge in [-0.25, -0.2) is 0 Å². The first-order valence-corrected chi connectivity index (χ1v) is 3.47. The van der Waals surface area contributed by atoms with E-state index in [0.717, 1.165) is 0 Å². The van der Waals surface area contributed by atoms with Crippen molar-refractivity contribution in [2.45, 2.75) is 19.8 Å². The third-order valence-corrected chi connectivity index (χ3v) is 1.38. The molecule has 0 aliphatic heterocycles. The van der Waals surface area contributed by atoms with Gasteiger partial charge in [0.2, 0.25) is 0 Å². The van der Waals surface area contributed by atoms with Crippen LogP contribution in [-0.2, 0) is 6.42 Å². The van der Waals surface area contributed by atoms with Gasteiger partial charge in [-0.05, 0) is 12.0 Å². The van der Waals surface area contributed by atoms with Crippen LogP contribution in [-0.4, -0.2) is 0 Å². The van der Waals surface area contributed by atoms with Gasteiger partial charge in [-0.15, -0.1) is 0 Å². The van der Waals surface area contributed by atoms with Crippen molar-refractivity contribution in [2.24, 2.45) is 0 Å². The number of rotatable bonds is 2. The van der Waals surface area contributed by atoms with Gasteiger partial charge in [-0.3, -0.25) is 0 Å². The minimum Gasteiger partial charge on any atom is -0.0651 e. The van der Waals surface area contributed by atoms with Crippen molar-refractivity contribution in [1.29, 1.82) is 0 Å². The fourth-order valence-corrected chi connectivity index (χ4v) is 0.933. The van der Waals surface area contributed by atoms with Crippen molar-refractivity contribution in [2.75, 3.05) is 0 Å². The molecule has 1 aromatic rings. The van der Waals surface area contributed by atoms with Crippen LogP contribution in [0.25, 0.3) is 0 Å². The number of hydrogen-bond donors (Lipinski definition) is 0. The summed E-state index contributed by atoms with van der Waals surface area (Å²) in [5, 5.41) is 0. The molecule has 0 saturated carbocycles. The van der Waals surface area contributed by atoms with Crippen molar-refractivity contribution < 1.29 is 1.43 Å². The predicted molar refractivity (Wildman–Crippen MR) is 41.5 cm³/mol. The second-order valence-electron chi connectivity index (χ2n) is 2.24. The van der Waals surface area contributed by atoms with Crippen LogP contribution >= 0.6 is 0 Å². The summed E-state index contributed by atoms with van der Waals surface area (Å²) >= 11 is 0. The Balaban J connectivity index is 0.000000810. The van der Waals surface area contributed by atoms with E-state index < -0.39 is 0 Å². The van der Waals surface area contributed by atoms with Crippen LogP contribution in [0.4, 0.5) is 0 Å². The lowest BCUT2D eigenvalue weighted by molar-refractivity contribution is 0.922. The lowest BCUT2D eigenvalue weighted by atomic mass is 10.1. The molecule has 0 heteroatoms. The van der Waals surface area contributed by atoms with E-state index in [-0.39, 0.29) is 1.43 Å². The third kappa shape index (κ3) is 1.88. The van der Waals surface area contributed by atoms with E-state index in [1.807, 2.05) is 0 Å². The maximum absolute atomic E-state index is 2.20. The van der Waals surface area contributed by atoms with Crippen LogP contribution < -0.4 is 0 Å². The Labute approximate surface area is 58.0 Å². The lowest BCUT2D eigenvalue weighted by Gasteiger charge is -1.93. The minimum absolute atomic E-state index is 0. The quantitative estimate of drug-likeness (QED) is 0.564. The Morgan fingerprint density at radius 2 is 1.89 bits per heavy atom. The Morgan fingerprint density at radius 1 is 1.22 bits per heavy atom. The maximum atomic E-state index is 2.20. The molecule has 0 N–H and O–H groups in total. The van der Waals surface area contributed by atoms with E-state index in [0.29, 0.717) is 0 Å². The van der Waals surface area contributed by atoms with Crippen LogP contribution in [0.2, 0.25) is 0 Å². The molecule has 0 aliphatic carbocycles. The Hall–Kier alpha value is -0.780. The standard InChI is InChI=1S/C9H12/c1-2-6-9-7-4-3-5-8-9/h3-5,7-8H,2,6H2,1H3/p+1. The van der Waals surface area contributed by atoms with Gasteiger partial charge in [0.25, 0.3) is 0 Å². The van der Waals surface area contributed by atoms with Crippen molar-refractivity contribution >= 4 is 0 Å². The van der Waals surface area contributed by atoms with Crippen LogP contribution in [0, 0.1) is 0 Å². The molecule has 0 radical (unpaired) electrons. The minimum atomic E-state index is 0. The van der Waals surface area contributed by atoms with E-state index in [4.69, 9.17) is 0 Å². The van der Waals surface area contributed by atoms with Crippen LogP contribution in [0.3, 0.4) is 0 Å². The van der Waals surface area contributed by atoms with Crippen LogP contribution in [0.15, 0.2) is 30.3 Å². The average molecular weight is 121 g/mol. The molecule has 48 valence electrons. The number of hydrogen-bond acceptors (Lipinski definition) is 0. The van der Waals surface area contributed by atoms with Gasteiger partial charge < -0.3 is 0 Å². The highest BCUT2D eigenvalue weighted by atomic mass is 13.9. The first-order valence-electron chi connectivity index (χ1n) is 3.47. The summed E-state index contributed by atoms with van der Waals surface area (Å²) in [6.07, 6.45) is 2.45. The molecule has 0 fully saturated rings. The topological polar surface area (TPSA) is 0 Å². The van der Waals surface area contributed by atoms with Crippen LogP contribution in [0.5, 0.6) is 0 Å². The smallest absolute Gasteiger partial charge is 0.0651 e. The summed E-state index contributed by atoms with van der Waals surface area (Å²) < 4.78 is 0. The van der Waals surface area contributed by atoms with Gasteiger partial charge in [0, 0.05) is 0 Å². The van der Waals surface area contributed by atoms with E-state index in [9.17, 15) is 0 Å². The van der Waals surface area contributed by atoms with Crippen molar-refractivity contribution in [3.8, 4) is 0 Å². The monoisotopic (exact) mass is 121 g/mol. The van der Waals surface area contributed by atoms with Crippen molar-refractivity contribution in [3.05, 3.63) is 35.9 Å². The van der Waals surface area contributed by atoms with Gasteiger partial charge >= 0.3 is 1.43 Å². The molecule has 0 bridgehead atoms. The zero-order chi connectivity index (χ0) is 6.53. The molecule has 0 unspecified atom stereocenters. The van der Waals surface area contributed by atoms with E-state index >= 15 is 0 Å². The molecule has 1 aromatic carbocycles. The molecule has 0 spiro atoms. The molecule has 0 amide bonds. The molecule has 0 nitrogen and oxygen atoms in total. The SMILES string of the molecule is CCCc1ccccc1.[H+]. The first-order chi connectivity index (χ1) is 4.43. The molecule has 0 aromatic heterocycles. The molecule has 0 saturated heterocycles. The molecular weight excluding hydrogens is 108 g/mol. The molecule has 0 heterocycles. The normalized spacial score (nSPS) is 9.44. The zero-order valence-corrected chi connectivity index (χ0v) is 5.80. The zero-order valence-electron chi connectivity index (χ0n) is 6.80. The summed E-state index contributed by atoms with van der Waals surface area (Å²) in [5.74, 6) is 0. The molecule has 0 aliphatic rings. The van der Waals surface area contributed by atoms with Gasteiger partial charge in [0.15, 0.2) is 0 Å². The second kappa shape index (κ2) is 3.29. The van der Waals surface area contributed by atoms with E-state index in [2.05, 4.69) is 37.3 Å². The summed E-state index contributed by atoms with van der Waals surface area (Å²) in [7, 11) is 0. The predicted octanol–water partition coefficient (Wildman–Crippen LogP) is 2.75. The molecule has 1 rings (SSSR count). The Bertz CT molecular complexity index is 158. The van der Waals surface area contributed by atoms with E-state index in [1.54, 1.807) is 0 Å². The van der Waals surface area contributed by atoms with Crippen molar-refractivity contribution in [3.63, 3.8) is 0 Å². The highest BCUT2D eigenvalue weighted by Gasteiger charge is 1.84. The molecular formula is C9H13+. The van der Waals surface area contributed by atoms with Crippen LogP contribution in [0.1, 0.15) is 20.3 Å². The lowest BCUT2D eigenvalue weighted by Crippen LogP contribution is -1.78. The number of benzene rings is 1. The average Bonchev–Trinajstić information content (AvgIpc) is 1.91. The fourth-order valence-electron chi connectivity index (χ4n) is 0.933. The number of aryl methyl sites for hydroxylation is 1. The molecule has 0 atom stereocenters. The maximum Gasteiger partial charge on any atom is 1.00 e. The third-order valence-electron chi connectivity index (χ3n) is 1.38. The van der Waals surface area contributed by atoms with Gasteiger partial charge in [-0.1, -0.05) is 43.7 Å². The highest BCUT2D eigenvalue weighted by Crippen LogP contribution is 2.00. The fraction of sp³-hybridized carbons (Fsp3) is 0.333. The Kier molecular flexibility index (Phi) is 2.32. The van der Waals surface area contributed by atoms with Gasteiger partial charge in [0.05, 0.1) is 0 Å². The summed E-state index contributed by atoms with van der Waals surface area (Å²) in [5.41, 5.74) is 1.44. The van der Waals surface area contributed by atoms with Crippen molar-refractivity contribution in [1.82, 2.24) is 0 Å². The summed E-state index contributed by atoms with van der Waals surface area (Å²) in [4.78, 5) is 0. The largest absolute Gasteiger partial charge is 1.00 e. The van der Waals surface area contributed by atoms with Gasteiger partial charge in [0.1, 0.15) is 0 Å². The highest BCUT2D eigenvalue weighted by molar-refractivity contribution is 5.14.